The van der Waals surface area contributed by atoms with Crippen molar-refractivity contribution in [3.8, 4) is 11.8 Å². The fraction of sp³-hybridized carbons (Fsp3) is 0.0476. The van der Waals surface area contributed by atoms with E-state index in [2.05, 4.69) is 22.1 Å². The fourth-order valence-corrected chi connectivity index (χ4v) is 3.39. The van der Waals surface area contributed by atoms with E-state index in [9.17, 15) is 14.4 Å². The predicted octanol–water partition coefficient (Wildman–Crippen LogP) is 3.75. The number of nitrogens with one attached hydrogen (secondary N) is 1. The number of ketones is 1. The summed E-state index contributed by atoms with van der Waals surface area (Å²) in [5, 5.41) is 2.50. The Kier molecular flexibility index (Phi) is 4.55. The molecular weight excluding hydrogens is 376 g/mol. The summed E-state index contributed by atoms with van der Waals surface area (Å²) in [6, 6.07) is 8.84. The molecule has 7 heteroatoms. The van der Waals surface area contributed by atoms with Gasteiger partial charge in [0.15, 0.2) is 11.4 Å². The van der Waals surface area contributed by atoms with E-state index in [0.717, 1.165) is 11.8 Å². The highest BCUT2D eigenvalue weighted by atomic mass is 32.2. The average molecular weight is 388 g/mol. The first-order valence-corrected chi connectivity index (χ1v) is 9.07. The van der Waals surface area contributed by atoms with Crippen molar-refractivity contribution in [1.29, 1.82) is 0 Å². The van der Waals surface area contributed by atoms with E-state index in [0.29, 0.717) is 33.4 Å². The SMILES string of the molecule is CC(=O)c1ccccc1C#Cc1cncc2cc(/C=C3\SC(=O)NC3=O)oc12. The van der Waals surface area contributed by atoms with Crippen LogP contribution in [-0.4, -0.2) is 21.9 Å². The van der Waals surface area contributed by atoms with Crippen molar-refractivity contribution in [3.63, 3.8) is 0 Å². The molecule has 1 saturated heterocycles. The number of thioether (sulfide) groups is 1. The molecule has 1 aliphatic rings. The smallest absolute Gasteiger partial charge is 0.290 e. The molecule has 0 unspecified atom stereocenters. The molecule has 1 fully saturated rings. The van der Waals surface area contributed by atoms with E-state index in [1.807, 2.05) is 6.07 Å². The van der Waals surface area contributed by atoms with Crippen LogP contribution in [-0.2, 0) is 4.79 Å². The Hall–Kier alpha value is -3.63. The lowest BCUT2D eigenvalue weighted by atomic mass is 10.0. The van der Waals surface area contributed by atoms with Crippen LogP contribution >= 0.6 is 11.8 Å². The maximum Gasteiger partial charge on any atom is 0.290 e. The van der Waals surface area contributed by atoms with Crippen LogP contribution in [0.5, 0.6) is 0 Å². The number of Topliss-reactive ketones (excluding diaryl/α,β-unsaturated/α-hetero) is 1. The van der Waals surface area contributed by atoms with Crippen molar-refractivity contribution >= 4 is 45.7 Å². The summed E-state index contributed by atoms with van der Waals surface area (Å²) in [5.41, 5.74) is 2.25. The van der Waals surface area contributed by atoms with Crippen molar-refractivity contribution in [1.82, 2.24) is 10.3 Å². The zero-order valence-electron chi connectivity index (χ0n) is 14.6. The third-order valence-electron chi connectivity index (χ3n) is 4.00. The Bertz CT molecular complexity index is 1240. The second-order valence-electron chi connectivity index (χ2n) is 5.96. The van der Waals surface area contributed by atoms with Crippen LogP contribution in [0.4, 0.5) is 4.79 Å². The normalized spacial score (nSPS) is 14.8. The Balaban J connectivity index is 1.74. The molecule has 0 saturated carbocycles. The molecule has 1 aromatic carbocycles. The molecule has 0 spiro atoms. The largest absolute Gasteiger partial charge is 0.455 e. The van der Waals surface area contributed by atoms with Crippen LogP contribution in [0, 0.1) is 11.8 Å². The van der Waals surface area contributed by atoms with E-state index in [4.69, 9.17) is 4.42 Å². The monoisotopic (exact) mass is 388 g/mol. The average Bonchev–Trinajstić information content (AvgIpc) is 3.22. The van der Waals surface area contributed by atoms with E-state index in [1.165, 1.54) is 13.0 Å². The lowest BCUT2D eigenvalue weighted by Crippen LogP contribution is -2.17. The maximum absolute atomic E-state index is 11.7. The molecule has 2 amide bonds. The van der Waals surface area contributed by atoms with Gasteiger partial charge in [-0.1, -0.05) is 30.0 Å². The van der Waals surface area contributed by atoms with E-state index in [1.54, 1.807) is 36.7 Å². The number of amides is 2. The zero-order chi connectivity index (χ0) is 19.7. The highest BCUT2D eigenvalue weighted by molar-refractivity contribution is 8.18. The Labute approximate surface area is 164 Å². The van der Waals surface area contributed by atoms with Gasteiger partial charge in [0.25, 0.3) is 11.1 Å². The van der Waals surface area contributed by atoms with Gasteiger partial charge in [0.05, 0.1) is 10.5 Å². The van der Waals surface area contributed by atoms with Crippen molar-refractivity contribution in [2.75, 3.05) is 0 Å². The number of hydrogen-bond acceptors (Lipinski definition) is 6. The standard InChI is InChI=1S/C21H12N2O4S/c1-12(24)17-5-3-2-4-13(17)6-7-14-10-22-11-15-8-16(27-19(14)15)9-18-20(25)23-21(26)28-18/h2-5,8-11H,1H3,(H,23,25,26)/b18-9-. The quantitative estimate of drug-likeness (QED) is 0.409. The first-order chi connectivity index (χ1) is 13.5. The van der Waals surface area contributed by atoms with Gasteiger partial charge in [0, 0.05) is 35.0 Å². The number of carbonyl (C=O) groups excluding carboxylic acids is 3. The third-order valence-corrected chi connectivity index (χ3v) is 4.81. The summed E-state index contributed by atoms with van der Waals surface area (Å²) in [6.07, 6.45) is 4.71. The number of rotatable bonds is 2. The summed E-state index contributed by atoms with van der Waals surface area (Å²) in [6.45, 7) is 1.50. The van der Waals surface area contributed by atoms with Crippen LogP contribution < -0.4 is 5.32 Å². The number of aromatic nitrogens is 1. The minimum Gasteiger partial charge on any atom is -0.455 e. The molecule has 0 bridgehead atoms. The van der Waals surface area contributed by atoms with Gasteiger partial charge >= 0.3 is 0 Å². The van der Waals surface area contributed by atoms with Crippen LogP contribution in [0.25, 0.3) is 17.0 Å². The molecule has 6 nitrogen and oxygen atoms in total. The molecule has 2 aromatic heterocycles. The van der Waals surface area contributed by atoms with Crippen LogP contribution in [0.1, 0.15) is 34.2 Å². The van der Waals surface area contributed by atoms with Crippen molar-refractivity contribution in [3.05, 3.63) is 70.1 Å². The molecule has 3 aromatic rings. The number of benzene rings is 1. The van der Waals surface area contributed by atoms with Gasteiger partial charge in [-0.15, -0.1) is 0 Å². The molecule has 4 rings (SSSR count). The number of nitrogens with zero attached hydrogens (tertiary/aromatic N) is 1. The molecule has 0 radical (unpaired) electrons. The predicted molar refractivity (Wildman–Crippen MR) is 106 cm³/mol. The minimum atomic E-state index is -0.450. The lowest BCUT2D eigenvalue weighted by molar-refractivity contribution is -0.115. The molecule has 3 heterocycles. The lowest BCUT2D eigenvalue weighted by Gasteiger charge is -1.98. The van der Waals surface area contributed by atoms with Gasteiger partial charge in [-0.05, 0) is 30.8 Å². The first-order valence-electron chi connectivity index (χ1n) is 8.25. The maximum atomic E-state index is 11.7. The van der Waals surface area contributed by atoms with Crippen LogP contribution in [0.15, 0.2) is 52.0 Å². The molecule has 0 aliphatic carbocycles. The topological polar surface area (TPSA) is 89.3 Å². The Morgan fingerprint density at radius 2 is 1.96 bits per heavy atom. The van der Waals surface area contributed by atoms with Crippen LogP contribution in [0.3, 0.4) is 0 Å². The molecule has 1 aliphatic heterocycles. The number of hydrogen-bond donors (Lipinski definition) is 1. The summed E-state index contributed by atoms with van der Waals surface area (Å²) >= 11 is 0.820. The van der Waals surface area contributed by atoms with E-state index >= 15 is 0 Å². The third kappa shape index (κ3) is 3.46. The van der Waals surface area contributed by atoms with Crippen molar-refractivity contribution in [2.24, 2.45) is 0 Å². The van der Waals surface area contributed by atoms with Gasteiger partial charge in [0.1, 0.15) is 5.76 Å². The molecule has 1 N–H and O–H groups in total. The number of pyridine rings is 1. The number of carbonyl (C=O) groups is 3. The highest BCUT2D eigenvalue weighted by Gasteiger charge is 2.25. The number of imide groups is 1. The van der Waals surface area contributed by atoms with Crippen molar-refractivity contribution in [2.45, 2.75) is 6.92 Å². The zero-order valence-corrected chi connectivity index (χ0v) is 15.4. The van der Waals surface area contributed by atoms with Crippen molar-refractivity contribution < 1.29 is 18.8 Å². The van der Waals surface area contributed by atoms with Gasteiger partial charge in [-0.2, -0.15) is 0 Å². The Morgan fingerprint density at radius 1 is 1.18 bits per heavy atom. The minimum absolute atomic E-state index is 0.0602. The summed E-state index contributed by atoms with van der Waals surface area (Å²) in [4.78, 5) is 39.1. The van der Waals surface area contributed by atoms with E-state index in [-0.39, 0.29) is 10.7 Å². The second kappa shape index (κ2) is 7.18. The highest BCUT2D eigenvalue weighted by Crippen LogP contribution is 2.28. The number of furan rings is 1. The second-order valence-corrected chi connectivity index (χ2v) is 6.97. The van der Waals surface area contributed by atoms with Gasteiger partial charge < -0.3 is 4.42 Å². The first kappa shape index (κ1) is 17.8. The molecule has 0 atom stereocenters. The molecule has 136 valence electrons. The van der Waals surface area contributed by atoms with Gasteiger partial charge in [-0.25, -0.2) is 0 Å². The summed E-state index contributed by atoms with van der Waals surface area (Å²) in [5.74, 6) is 5.91. The van der Waals surface area contributed by atoms with E-state index < -0.39 is 11.1 Å². The van der Waals surface area contributed by atoms with Crippen LogP contribution in [0.2, 0.25) is 0 Å². The van der Waals surface area contributed by atoms with Gasteiger partial charge in [-0.3, -0.25) is 24.7 Å². The Morgan fingerprint density at radius 3 is 2.71 bits per heavy atom. The fourth-order valence-electron chi connectivity index (χ4n) is 2.73. The molecular formula is C21H12N2O4S. The summed E-state index contributed by atoms with van der Waals surface area (Å²) in [7, 11) is 0. The molecule has 28 heavy (non-hydrogen) atoms. The number of fused-ring (bicyclic) bond motifs is 1. The van der Waals surface area contributed by atoms with Gasteiger partial charge in [0.2, 0.25) is 0 Å². The summed E-state index contributed by atoms with van der Waals surface area (Å²) < 4.78 is 5.82.